The summed E-state index contributed by atoms with van der Waals surface area (Å²) >= 11 is 0. The SMILES string of the molecule is CS(=O)(=O)N1CCC(C(=O)N2CCN(c3ccc(-n4cccn4)nn3)CC2)CC1. The predicted octanol–water partition coefficient (Wildman–Crippen LogP) is -0.0175. The maximum atomic E-state index is 12.8. The molecule has 0 aromatic carbocycles. The van der Waals surface area contributed by atoms with Crippen LogP contribution in [0.15, 0.2) is 30.6 Å². The summed E-state index contributed by atoms with van der Waals surface area (Å²) in [5.41, 5.74) is 0. The van der Waals surface area contributed by atoms with E-state index in [4.69, 9.17) is 0 Å². The first-order valence-electron chi connectivity index (χ1n) is 9.74. The topological polar surface area (TPSA) is 105 Å². The van der Waals surface area contributed by atoms with E-state index in [0.29, 0.717) is 57.9 Å². The summed E-state index contributed by atoms with van der Waals surface area (Å²) < 4.78 is 26.4. The summed E-state index contributed by atoms with van der Waals surface area (Å²) in [6.45, 7) is 3.51. The molecule has 0 N–H and O–H groups in total. The van der Waals surface area contributed by atoms with Crippen molar-refractivity contribution >= 4 is 21.7 Å². The summed E-state index contributed by atoms with van der Waals surface area (Å²) in [4.78, 5) is 16.8. The molecule has 0 bridgehead atoms. The highest BCUT2D eigenvalue weighted by Crippen LogP contribution is 2.22. The van der Waals surface area contributed by atoms with Crippen LogP contribution in [0.4, 0.5) is 5.82 Å². The van der Waals surface area contributed by atoms with Crippen molar-refractivity contribution in [1.82, 2.24) is 29.2 Å². The predicted molar refractivity (Wildman–Crippen MR) is 107 cm³/mol. The maximum absolute atomic E-state index is 12.8. The molecule has 0 saturated carbocycles. The fourth-order valence-electron chi connectivity index (χ4n) is 3.86. The van der Waals surface area contributed by atoms with Crippen molar-refractivity contribution in [2.24, 2.45) is 5.92 Å². The second-order valence-corrected chi connectivity index (χ2v) is 9.43. The Bertz CT molecular complexity index is 930. The largest absolute Gasteiger partial charge is 0.352 e. The third-order valence-corrected chi connectivity index (χ3v) is 6.87. The molecule has 156 valence electrons. The fraction of sp³-hybridized carbons (Fsp3) is 0.556. The molecule has 11 heteroatoms. The number of hydrogen-bond acceptors (Lipinski definition) is 7. The zero-order valence-corrected chi connectivity index (χ0v) is 17.2. The van der Waals surface area contributed by atoms with Crippen LogP contribution in [-0.4, -0.2) is 89.0 Å². The van der Waals surface area contributed by atoms with Crippen molar-refractivity contribution < 1.29 is 13.2 Å². The van der Waals surface area contributed by atoms with E-state index in [1.165, 1.54) is 10.6 Å². The van der Waals surface area contributed by atoms with Crippen molar-refractivity contribution in [2.75, 3.05) is 50.4 Å². The lowest BCUT2D eigenvalue weighted by Crippen LogP contribution is -2.52. The van der Waals surface area contributed by atoms with Gasteiger partial charge < -0.3 is 9.80 Å². The Morgan fingerprint density at radius 3 is 2.21 bits per heavy atom. The summed E-state index contributed by atoms with van der Waals surface area (Å²) in [6, 6.07) is 5.63. The highest BCUT2D eigenvalue weighted by Gasteiger charge is 2.32. The summed E-state index contributed by atoms with van der Waals surface area (Å²) in [6.07, 6.45) is 5.91. The van der Waals surface area contributed by atoms with Gasteiger partial charge in [0.25, 0.3) is 0 Å². The molecule has 0 aliphatic carbocycles. The van der Waals surface area contributed by atoms with Crippen LogP contribution in [0.2, 0.25) is 0 Å². The number of amides is 1. The first-order chi connectivity index (χ1) is 13.9. The van der Waals surface area contributed by atoms with Gasteiger partial charge in [-0.2, -0.15) is 5.10 Å². The van der Waals surface area contributed by atoms with Crippen molar-refractivity contribution in [3.8, 4) is 5.82 Å². The molecule has 2 saturated heterocycles. The summed E-state index contributed by atoms with van der Waals surface area (Å²) in [5, 5.41) is 12.7. The van der Waals surface area contributed by atoms with Gasteiger partial charge in [-0.25, -0.2) is 17.4 Å². The van der Waals surface area contributed by atoms with Gasteiger partial charge in [0.1, 0.15) is 0 Å². The monoisotopic (exact) mass is 419 g/mol. The third kappa shape index (κ3) is 4.40. The Morgan fingerprint density at radius 1 is 1.00 bits per heavy atom. The third-order valence-electron chi connectivity index (χ3n) is 5.56. The number of anilines is 1. The van der Waals surface area contributed by atoms with Gasteiger partial charge in [-0.15, -0.1) is 10.2 Å². The van der Waals surface area contributed by atoms with Crippen LogP contribution >= 0.6 is 0 Å². The first-order valence-corrected chi connectivity index (χ1v) is 11.6. The molecule has 2 aromatic rings. The molecule has 1 amide bonds. The minimum Gasteiger partial charge on any atom is -0.352 e. The van der Waals surface area contributed by atoms with Crippen molar-refractivity contribution in [3.05, 3.63) is 30.6 Å². The van der Waals surface area contributed by atoms with Gasteiger partial charge in [0, 0.05) is 57.6 Å². The number of hydrogen-bond donors (Lipinski definition) is 0. The van der Waals surface area contributed by atoms with Crippen molar-refractivity contribution in [1.29, 1.82) is 0 Å². The lowest BCUT2D eigenvalue weighted by Gasteiger charge is -2.38. The quantitative estimate of drug-likeness (QED) is 0.686. The Morgan fingerprint density at radius 2 is 1.66 bits per heavy atom. The smallest absolute Gasteiger partial charge is 0.225 e. The average Bonchev–Trinajstić information content (AvgIpc) is 3.28. The lowest BCUT2D eigenvalue weighted by molar-refractivity contribution is -0.137. The highest BCUT2D eigenvalue weighted by atomic mass is 32.2. The fourth-order valence-corrected chi connectivity index (χ4v) is 4.74. The van der Waals surface area contributed by atoms with Gasteiger partial charge in [-0.05, 0) is 31.0 Å². The second kappa shape index (κ2) is 8.07. The van der Waals surface area contributed by atoms with Crippen molar-refractivity contribution in [3.63, 3.8) is 0 Å². The van der Waals surface area contributed by atoms with Gasteiger partial charge in [0.2, 0.25) is 15.9 Å². The molecule has 0 radical (unpaired) electrons. The molecule has 2 aliphatic rings. The van der Waals surface area contributed by atoms with E-state index in [2.05, 4.69) is 20.2 Å². The molecule has 0 atom stereocenters. The molecule has 2 aliphatic heterocycles. The molecule has 0 unspecified atom stereocenters. The first kappa shape index (κ1) is 19.8. The Labute approximate surface area is 170 Å². The molecule has 2 fully saturated rings. The van der Waals surface area contributed by atoms with Crippen LogP contribution < -0.4 is 4.90 Å². The number of carbonyl (C=O) groups is 1. The number of piperazine rings is 1. The van der Waals surface area contributed by atoms with E-state index >= 15 is 0 Å². The molecule has 2 aromatic heterocycles. The molecular weight excluding hydrogens is 394 g/mol. The molecule has 4 heterocycles. The van der Waals surface area contributed by atoms with Crippen LogP contribution in [0, 0.1) is 5.92 Å². The number of piperidine rings is 1. The highest BCUT2D eigenvalue weighted by molar-refractivity contribution is 7.88. The standard InChI is InChI=1S/C18H25N7O3S/c1-29(27,28)24-9-5-15(6-10-24)18(26)23-13-11-22(12-14-23)16-3-4-17(21-20-16)25-8-2-7-19-25/h2-4,7-8,15H,5-6,9-14H2,1H3. The lowest BCUT2D eigenvalue weighted by atomic mass is 9.96. The average molecular weight is 420 g/mol. The molecule has 0 spiro atoms. The van der Waals surface area contributed by atoms with Gasteiger partial charge >= 0.3 is 0 Å². The number of carbonyl (C=O) groups excluding carboxylic acids is 1. The summed E-state index contributed by atoms with van der Waals surface area (Å²) in [7, 11) is -3.17. The van der Waals surface area contributed by atoms with Gasteiger partial charge in [0.05, 0.1) is 6.26 Å². The van der Waals surface area contributed by atoms with Crippen LogP contribution in [-0.2, 0) is 14.8 Å². The minimum absolute atomic E-state index is 0.0901. The van der Waals surface area contributed by atoms with E-state index < -0.39 is 10.0 Å². The van der Waals surface area contributed by atoms with Crippen LogP contribution in [0.5, 0.6) is 0 Å². The number of nitrogens with zero attached hydrogens (tertiary/aromatic N) is 7. The zero-order chi connectivity index (χ0) is 20.4. The minimum atomic E-state index is -3.17. The van der Waals surface area contributed by atoms with Crippen molar-refractivity contribution in [2.45, 2.75) is 12.8 Å². The van der Waals surface area contributed by atoms with Crippen LogP contribution in [0.25, 0.3) is 5.82 Å². The maximum Gasteiger partial charge on any atom is 0.225 e. The van der Waals surface area contributed by atoms with Gasteiger partial charge in [-0.3, -0.25) is 4.79 Å². The molecular formula is C18H25N7O3S. The zero-order valence-electron chi connectivity index (χ0n) is 16.4. The number of rotatable bonds is 4. The van der Waals surface area contributed by atoms with Crippen LogP contribution in [0.3, 0.4) is 0 Å². The second-order valence-electron chi connectivity index (χ2n) is 7.45. The Balaban J connectivity index is 1.30. The number of sulfonamides is 1. The summed E-state index contributed by atoms with van der Waals surface area (Å²) in [5.74, 6) is 1.49. The van der Waals surface area contributed by atoms with E-state index in [1.54, 1.807) is 10.9 Å². The van der Waals surface area contributed by atoms with Gasteiger partial charge in [0.15, 0.2) is 11.6 Å². The van der Waals surface area contributed by atoms with E-state index in [1.807, 2.05) is 29.3 Å². The van der Waals surface area contributed by atoms with E-state index in [9.17, 15) is 13.2 Å². The molecule has 4 rings (SSSR count). The molecule has 10 nitrogen and oxygen atoms in total. The Hall–Kier alpha value is -2.53. The molecule has 29 heavy (non-hydrogen) atoms. The normalized spacial score (nSPS) is 19.5. The van der Waals surface area contributed by atoms with Gasteiger partial charge in [-0.1, -0.05) is 0 Å². The Kier molecular flexibility index (Phi) is 5.50. The van der Waals surface area contributed by atoms with E-state index in [0.717, 1.165) is 5.82 Å². The van der Waals surface area contributed by atoms with E-state index in [-0.39, 0.29) is 11.8 Å². The number of aromatic nitrogens is 4. The van der Waals surface area contributed by atoms with Crippen LogP contribution in [0.1, 0.15) is 12.8 Å².